The molecule has 3 heteroatoms. The monoisotopic (exact) mass is 358 g/mol. The van der Waals surface area contributed by atoms with E-state index in [0.717, 1.165) is 30.7 Å². The minimum atomic E-state index is 0.545. The molecule has 1 unspecified atom stereocenters. The quantitative estimate of drug-likeness (QED) is 0.798. The van der Waals surface area contributed by atoms with E-state index in [1.54, 1.807) is 0 Å². The van der Waals surface area contributed by atoms with Gasteiger partial charge >= 0.3 is 0 Å². The van der Waals surface area contributed by atoms with Gasteiger partial charge < -0.3 is 4.90 Å². The van der Waals surface area contributed by atoms with Gasteiger partial charge in [0, 0.05) is 42.4 Å². The summed E-state index contributed by atoms with van der Waals surface area (Å²) in [5.41, 5.74) is 4.05. The first kappa shape index (κ1) is 15.6. The van der Waals surface area contributed by atoms with Crippen molar-refractivity contribution in [3.8, 4) is 0 Å². The molecule has 2 aromatic rings. The number of hydrogen-bond donors (Lipinski definition) is 0. The second-order valence-corrected chi connectivity index (χ2v) is 7.16. The van der Waals surface area contributed by atoms with Crippen LogP contribution < -0.4 is 4.90 Å². The fourth-order valence-corrected chi connectivity index (χ4v) is 3.64. The van der Waals surface area contributed by atoms with Gasteiger partial charge in [-0.2, -0.15) is 0 Å². The summed E-state index contributed by atoms with van der Waals surface area (Å²) in [6.07, 6.45) is 0. The van der Waals surface area contributed by atoms with E-state index in [0.29, 0.717) is 6.04 Å². The van der Waals surface area contributed by atoms with E-state index in [-0.39, 0.29) is 0 Å². The van der Waals surface area contributed by atoms with Crippen LogP contribution in [0.25, 0.3) is 0 Å². The molecule has 0 aliphatic carbocycles. The molecule has 1 heterocycles. The van der Waals surface area contributed by atoms with Crippen molar-refractivity contribution in [2.24, 2.45) is 0 Å². The van der Waals surface area contributed by atoms with Crippen LogP contribution in [0.1, 0.15) is 18.1 Å². The van der Waals surface area contributed by atoms with Crippen LogP contribution in [0.2, 0.25) is 0 Å². The smallest absolute Gasteiger partial charge is 0.0389 e. The Morgan fingerprint density at radius 3 is 2.55 bits per heavy atom. The maximum Gasteiger partial charge on any atom is 0.0389 e. The molecule has 3 rings (SSSR count). The van der Waals surface area contributed by atoms with Crippen molar-refractivity contribution in [3.05, 3.63) is 64.1 Å². The molecule has 1 aliphatic rings. The van der Waals surface area contributed by atoms with Gasteiger partial charge in [0.2, 0.25) is 0 Å². The number of benzene rings is 2. The molecule has 0 amide bonds. The maximum absolute atomic E-state index is 3.56. The molecule has 1 atom stereocenters. The van der Waals surface area contributed by atoms with Gasteiger partial charge in [-0.3, -0.25) is 4.90 Å². The number of anilines is 1. The molecule has 0 bridgehead atoms. The molecule has 0 saturated carbocycles. The molecule has 1 fully saturated rings. The lowest BCUT2D eigenvalue weighted by atomic mass is 10.1. The molecule has 2 aromatic carbocycles. The summed E-state index contributed by atoms with van der Waals surface area (Å²) in [6, 6.07) is 18.1. The number of piperazine rings is 1. The third kappa shape index (κ3) is 3.71. The highest BCUT2D eigenvalue weighted by Crippen LogP contribution is 2.22. The Morgan fingerprint density at radius 2 is 1.86 bits per heavy atom. The molecule has 0 spiro atoms. The first-order valence-electron chi connectivity index (χ1n) is 7.92. The topological polar surface area (TPSA) is 6.48 Å². The zero-order valence-corrected chi connectivity index (χ0v) is 14.9. The lowest BCUT2D eigenvalue weighted by molar-refractivity contribution is 0.221. The standard InChI is InChI=1S/C19H23BrN2/c1-15-6-8-19(9-7-15)22-11-10-21(13-16(22)2)14-17-4-3-5-18(20)12-17/h3-9,12,16H,10-11,13-14H2,1-2H3. The summed E-state index contributed by atoms with van der Waals surface area (Å²) in [6.45, 7) is 8.82. The largest absolute Gasteiger partial charge is 0.366 e. The van der Waals surface area contributed by atoms with Crippen LogP contribution in [0.5, 0.6) is 0 Å². The number of aryl methyl sites for hydroxylation is 1. The average Bonchev–Trinajstić information content (AvgIpc) is 2.49. The maximum atomic E-state index is 3.56. The number of nitrogens with zero attached hydrogens (tertiary/aromatic N) is 2. The summed E-state index contributed by atoms with van der Waals surface area (Å²) >= 11 is 3.56. The van der Waals surface area contributed by atoms with Gasteiger partial charge in [0.15, 0.2) is 0 Å². The Labute approximate surface area is 141 Å². The number of hydrogen-bond acceptors (Lipinski definition) is 2. The van der Waals surface area contributed by atoms with Crippen molar-refractivity contribution < 1.29 is 0 Å². The van der Waals surface area contributed by atoms with Crippen LogP contribution in [0.15, 0.2) is 53.0 Å². The van der Waals surface area contributed by atoms with Gasteiger partial charge in [0.1, 0.15) is 0 Å². The van der Waals surface area contributed by atoms with E-state index in [2.05, 4.69) is 88.1 Å². The Morgan fingerprint density at radius 1 is 1.09 bits per heavy atom. The van der Waals surface area contributed by atoms with Crippen molar-refractivity contribution in [1.82, 2.24) is 4.90 Å². The van der Waals surface area contributed by atoms with Crippen LogP contribution in [0, 0.1) is 6.92 Å². The number of rotatable bonds is 3. The summed E-state index contributed by atoms with van der Waals surface area (Å²) in [5.74, 6) is 0. The van der Waals surface area contributed by atoms with Crippen molar-refractivity contribution in [2.45, 2.75) is 26.4 Å². The van der Waals surface area contributed by atoms with Gasteiger partial charge in [-0.15, -0.1) is 0 Å². The molecule has 1 aliphatic heterocycles. The highest BCUT2D eigenvalue weighted by molar-refractivity contribution is 9.10. The minimum absolute atomic E-state index is 0.545. The molecule has 0 N–H and O–H groups in total. The van der Waals surface area contributed by atoms with Crippen LogP contribution in [-0.4, -0.2) is 30.6 Å². The summed E-state index contributed by atoms with van der Waals surface area (Å²) in [7, 11) is 0. The van der Waals surface area contributed by atoms with E-state index in [1.807, 2.05) is 0 Å². The summed E-state index contributed by atoms with van der Waals surface area (Å²) in [5, 5.41) is 0. The first-order chi connectivity index (χ1) is 10.6. The predicted octanol–water partition coefficient (Wildman–Crippen LogP) is 4.47. The lowest BCUT2D eigenvalue weighted by Crippen LogP contribution is -2.51. The lowest BCUT2D eigenvalue weighted by Gasteiger charge is -2.41. The second-order valence-electron chi connectivity index (χ2n) is 6.24. The van der Waals surface area contributed by atoms with Gasteiger partial charge in [0.25, 0.3) is 0 Å². The second kappa shape index (κ2) is 6.84. The van der Waals surface area contributed by atoms with Crippen molar-refractivity contribution in [1.29, 1.82) is 0 Å². The van der Waals surface area contributed by atoms with E-state index in [4.69, 9.17) is 0 Å². The Bertz CT molecular complexity index is 624. The predicted molar refractivity (Wildman–Crippen MR) is 97.4 cm³/mol. The van der Waals surface area contributed by atoms with Gasteiger partial charge in [-0.25, -0.2) is 0 Å². The zero-order valence-electron chi connectivity index (χ0n) is 13.3. The van der Waals surface area contributed by atoms with E-state index in [1.165, 1.54) is 16.8 Å². The van der Waals surface area contributed by atoms with E-state index < -0.39 is 0 Å². The van der Waals surface area contributed by atoms with Gasteiger partial charge in [-0.1, -0.05) is 45.8 Å². The molecule has 1 saturated heterocycles. The van der Waals surface area contributed by atoms with Gasteiger partial charge in [0.05, 0.1) is 0 Å². The van der Waals surface area contributed by atoms with Crippen LogP contribution in [0.3, 0.4) is 0 Å². The fourth-order valence-electron chi connectivity index (χ4n) is 3.19. The minimum Gasteiger partial charge on any atom is -0.366 e. The van der Waals surface area contributed by atoms with Gasteiger partial charge in [-0.05, 0) is 43.7 Å². The van der Waals surface area contributed by atoms with Crippen LogP contribution >= 0.6 is 15.9 Å². The van der Waals surface area contributed by atoms with E-state index in [9.17, 15) is 0 Å². The SMILES string of the molecule is Cc1ccc(N2CCN(Cc3cccc(Br)c3)CC2C)cc1. The first-order valence-corrected chi connectivity index (χ1v) is 8.71. The molecule has 0 aromatic heterocycles. The fraction of sp³-hybridized carbons (Fsp3) is 0.368. The van der Waals surface area contributed by atoms with Crippen molar-refractivity contribution >= 4 is 21.6 Å². The molecule has 22 heavy (non-hydrogen) atoms. The summed E-state index contributed by atoms with van der Waals surface area (Å²) in [4.78, 5) is 5.08. The Hall–Kier alpha value is -1.32. The summed E-state index contributed by atoms with van der Waals surface area (Å²) < 4.78 is 1.16. The highest BCUT2D eigenvalue weighted by atomic mass is 79.9. The molecule has 0 radical (unpaired) electrons. The Kier molecular flexibility index (Phi) is 4.84. The number of halogens is 1. The third-order valence-electron chi connectivity index (χ3n) is 4.37. The van der Waals surface area contributed by atoms with Crippen molar-refractivity contribution in [3.63, 3.8) is 0 Å². The highest BCUT2D eigenvalue weighted by Gasteiger charge is 2.23. The molecule has 116 valence electrons. The third-order valence-corrected chi connectivity index (χ3v) is 4.87. The normalized spacial score (nSPS) is 19.4. The zero-order chi connectivity index (χ0) is 15.5. The van der Waals surface area contributed by atoms with Crippen molar-refractivity contribution in [2.75, 3.05) is 24.5 Å². The molecular weight excluding hydrogens is 336 g/mol. The average molecular weight is 359 g/mol. The molecular formula is C19H23BrN2. The molecule has 2 nitrogen and oxygen atoms in total. The Balaban J connectivity index is 1.63. The van der Waals surface area contributed by atoms with Crippen LogP contribution in [-0.2, 0) is 6.54 Å². The van der Waals surface area contributed by atoms with E-state index >= 15 is 0 Å². The van der Waals surface area contributed by atoms with Crippen LogP contribution in [0.4, 0.5) is 5.69 Å².